The van der Waals surface area contributed by atoms with Gasteiger partial charge in [-0.15, -0.1) is 0 Å². The molecular formula is C28H26N2O5S. The quantitative estimate of drug-likeness (QED) is 0.422. The highest BCUT2D eigenvalue weighted by atomic mass is 32.2. The average Bonchev–Trinajstić information content (AvgIpc) is 2.91. The van der Waals surface area contributed by atoms with Gasteiger partial charge in [-0.25, -0.2) is 8.42 Å². The lowest BCUT2D eigenvalue weighted by Crippen LogP contribution is -2.50. The summed E-state index contributed by atoms with van der Waals surface area (Å²) in [5.74, 6) is 0.510. The maximum atomic E-state index is 13.7. The van der Waals surface area contributed by atoms with Crippen molar-refractivity contribution in [1.82, 2.24) is 5.32 Å². The standard InChI is InChI=1S/C28H26N2O5S/c1-19-10-15-26-25(16-19)30(36(32,33)23-13-11-22(34-2)12-14-23)18-27(35-26)28(31)29-17-21-8-5-7-20-6-3-4-9-24(20)21/h3-16,27H,17-18H2,1-2H3,(H,29,31). The monoisotopic (exact) mass is 502 g/mol. The van der Waals surface area contributed by atoms with Gasteiger partial charge >= 0.3 is 0 Å². The number of carbonyl (C=O) groups excluding carboxylic acids is 1. The van der Waals surface area contributed by atoms with Gasteiger partial charge in [-0.2, -0.15) is 0 Å². The van der Waals surface area contributed by atoms with Gasteiger partial charge in [0.15, 0.2) is 6.10 Å². The predicted octanol–water partition coefficient (Wildman–Crippen LogP) is 4.43. The highest BCUT2D eigenvalue weighted by Crippen LogP contribution is 2.38. The lowest BCUT2D eigenvalue weighted by molar-refractivity contribution is -0.127. The van der Waals surface area contributed by atoms with Gasteiger partial charge in [0, 0.05) is 6.54 Å². The number of ether oxygens (including phenoxy) is 2. The zero-order valence-corrected chi connectivity index (χ0v) is 20.8. The Bertz CT molecular complexity index is 1530. The number of sulfonamides is 1. The normalized spacial score (nSPS) is 15.2. The number of nitrogens with one attached hydrogen (secondary N) is 1. The molecule has 7 nitrogen and oxygen atoms in total. The van der Waals surface area contributed by atoms with Crippen LogP contribution in [0, 0.1) is 6.92 Å². The van der Waals surface area contributed by atoms with Crippen molar-refractivity contribution in [3.8, 4) is 11.5 Å². The molecule has 1 amide bonds. The second-order valence-electron chi connectivity index (χ2n) is 8.65. The molecule has 4 aromatic rings. The minimum atomic E-state index is -3.96. The first kappa shape index (κ1) is 23.7. The minimum Gasteiger partial charge on any atom is -0.497 e. The Balaban J connectivity index is 1.42. The first-order valence-corrected chi connectivity index (χ1v) is 13.0. The number of nitrogens with zero attached hydrogens (tertiary/aromatic N) is 1. The molecule has 1 heterocycles. The molecule has 0 radical (unpaired) electrons. The molecule has 8 heteroatoms. The zero-order chi connectivity index (χ0) is 25.3. The van der Waals surface area contributed by atoms with Gasteiger partial charge in [0.1, 0.15) is 11.5 Å². The summed E-state index contributed by atoms with van der Waals surface area (Å²) in [6, 6.07) is 25.3. The number of anilines is 1. The van der Waals surface area contributed by atoms with Crippen LogP contribution in [0.5, 0.6) is 11.5 Å². The molecule has 0 aliphatic carbocycles. The summed E-state index contributed by atoms with van der Waals surface area (Å²) in [4.78, 5) is 13.3. The fraction of sp³-hybridized carbons (Fsp3) is 0.179. The van der Waals surface area contributed by atoms with E-state index in [9.17, 15) is 13.2 Å². The lowest BCUT2D eigenvalue weighted by Gasteiger charge is -2.35. The number of benzene rings is 4. The Morgan fingerprint density at radius 2 is 1.78 bits per heavy atom. The number of fused-ring (bicyclic) bond motifs is 2. The topological polar surface area (TPSA) is 84.9 Å². The maximum absolute atomic E-state index is 13.7. The fourth-order valence-electron chi connectivity index (χ4n) is 4.34. The molecule has 5 rings (SSSR count). The van der Waals surface area contributed by atoms with Crippen LogP contribution in [-0.4, -0.2) is 34.1 Å². The first-order valence-electron chi connectivity index (χ1n) is 11.6. The molecule has 36 heavy (non-hydrogen) atoms. The second-order valence-corrected chi connectivity index (χ2v) is 10.5. The molecule has 0 bridgehead atoms. The van der Waals surface area contributed by atoms with Crippen molar-refractivity contribution < 1.29 is 22.7 Å². The van der Waals surface area contributed by atoms with Crippen LogP contribution in [0.25, 0.3) is 10.8 Å². The van der Waals surface area contributed by atoms with Gasteiger partial charge < -0.3 is 14.8 Å². The Hall–Kier alpha value is -4.04. The smallest absolute Gasteiger partial charge is 0.264 e. The molecule has 1 N–H and O–H groups in total. The van der Waals surface area contributed by atoms with Crippen molar-refractivity contribution in [2.75, 3.05) is 18.0 Å². The summed E-state index contributed by atoms with van der Waals surface area (Å²) in [5, 5.41) is 5.06. The van der Waals surface area contributed by atoms with Crippen molar-refractivity contribution in [2.24, 2.45) is 0 Å². The van der Waals surface area contributed by atoms with Gasteiger partial charge in [0.2, 0.25) is 0 Å². The van der Waals surface area contributed by atoms with Crippen molar-refractivity contribution in [1.29, 1.82) is 0 Å². The number of rotatable bonds is 6. The summed E-state index contributed by atoms with van der Waals surface area (Å²) < 4.78 is 39.7. The third kappa shape index (κ3) is 4.47. The molecule has 184 valence electrons. The Kier molecular flexibility index (Phi) is 6.28. The van der Waals surface area contributed by atoms with Gasteiger partial charge in [-0.05, 0) is 65.2 Å². The number of amides is 1. The molecule has 4 aromatic carbocycles. The van der Waals surface area contributed by atoms with Crippen LogP contribution in [0.4, 0.5) is 5.69 Å². The molecule has 0 aromatic heterocycles. The molecule has 1 aliphatic rings. The molecule has 1 unspecified atom stereocenters. The summed E-state index contributed by atoms with van der Waals surface area (Å²) in [5.41, 5.74) is 2.26. The molecule has 0 saturated carbocycles. The van der Waals surface area contributed by atoms with Gasteiger partial charge in [0.05, 0.1) is 24.2 Å². The highest BCUT2D eigenvalue weighted by molar-refractivity contribution is 7.92. The van der Waals surface area contributed by atoms with Crippen molar-refractivity contribution >= 4 is 32.4 Å². The van der Waals surface area contributed by atoms with E-state index in [2.05, 4.69) is 5.32 Å². The van der Waals surface area contributed by atoms with E-state index in [1.54, 1.807) is 24.3 Å². The van der Waals surface area contributed by atoms with Gasteiger partial charge in [0.25, 0.3) is 15.9 Å². The zero-order valence-electron chi connectivity index (χ0n) is 20.0. The average molecular weight is 503 g/mol. The van der Waals surface area contributed by atoms with Crippen LogP contribution in [0.2, 0.25) is 0 Å². The molecule has 1 atom stereocenters. The summed E-state index contributed by atoms with van der Waals surface area (Å²) in [6.07, 6.45) is -1.01. The Labute approximate surface area is 210 Å². The third-order valence-corrected chi connectivity index (χ3v) is 8.05. The van der Waals surface area contributed by atoms with E-state index in [-0.39, 0.29) is 17.3 Å². The Morgan fingerprint density at radius 1 is 1.03 bits per heavy atom. The third-order valence-electron chi connectivity index (χ3n) is 6.26. The molecule has 0 fully saturated rings. The molecule has 0 spiro atoms. The first-order chi connectivity index (χ1) is 17.4. The number of aryl methyl sites for hydroxylation is 1. The van der Waals surface area contributed by atoms with E-state index in [1.165, 1.54) is 23.5 Å². The van der Waals surface area contributed by atoms with E-state index < -0.39 is 16.1 Å². The van der Waals surface area contributed by atoms with Crippen molar-refractivity contribution in [2.45, 2.75) is 24.5 Å². The van der Waals surface area contributed by atoms with Crippen LogP contribution in [0.1, 0.15) is 11.1 Å². The number of hydrogen-bond donors (Lipinski definition) is 1. The summed E-state index contributed by atoms with van der Waals surface area (Å²) in [6.45, 7) is 2.03. The molecule has 0 saturated heterocycles. The molecular weight excluding hydrogens is 476 g/mol. The number of methoxy groups -OCH3 is 1. The van der Waals surface area contributed by atoms with Crippen molar-refractivity contribution in [3.05, 3.63) is 96.1 Å². The van der Waals surface area contributed by atoms with Crippen LogP contribution in [-0.2, 0) is 21.4 Å². The van der Waals surface area contributed by atoms with E-state index >= 15 is 0 Å². The maximum Gasteiger partial charge on any atom is 0.264 e. The van der Waals surface area contributed by atoms with Gasteiger partial charge in [-0.1, -0.05) is 48.5 Å². The van der Waals surface area contributed by atoms with E-state index in [1.807, 2.05) is 55.5 Å². The van der Waals surface area contributed by atoms with Gasteiger partial charge in [-0.3, -0.25) is 9.10 Å². The number of hydrogen-bond acceptors (Lipinski definition) is 5. The summed E-state index contributed by atoms with van der Waals surface area (Å²) >= 11 is 0. The van der Waals surface area contributed by atoms with Crippen LogP contribution in [0.3, 0.4) is 0 Å². The van der Waals surface area contributed by atoms with Crippen LogP contribution >= 0.6 is 0 Å². The summed E-state index contributed by atoms with van der Waals surface area (Å²) in [7, 11) is -2.44. The SMILES string of the molecule is COc1ccc(S(=O)(=O)N2CC(C(=O)NCc3cccc4ccccc34)Oc3ccc(C)cc32)cc1. The highest BCUT2D eigenvalue weighted by Gasteiger charge is 2.37. The predicted molar refractivity (Wildman–Crippen MR) is 139 cm³/mol. The van der Waals surface area contributed by atoms with Crippen LogP contribution in [0.15, 0.2) is 89.8 Å². The van der Waals surface area contributed by atoms with E-state index in [4.69, 9.17) is 9.47 Å². The van der Waals surface area contributed by atoms with E-state index in [0.29, 0.717) is 23.7 Å². The second kappa shape index (κ2) is 9.54. The van der Waals surface area contributed by atoms with Crippen LogP contribution < -0.4 is 19.1 Å². The molecule has 1 aliphatic heterocycles. The van der Waals surface area contributed by atoms with Crippen molar-refractivity contribution in [3.63, 3.8) is 0 Å². The fourth-order valence-corrected chi connectivity index (χ4v) is 5.81. The van der Waals surface area contributed by atoms with E-state index in [0.717, 1.165) is 21.9 Å². The lowest BCUT2D eigenvalue weighted by atomic mass is 10.0. The Morgan fingerprint density at radius 3 is 2.56 bits per heavy atom. The number of carbonyl (C=O) groups is 1. The minimum absolute atomic E-state index is 0.104. The largest absolute Gasteiger partial charge is 0.497 e.